The molecule has 1 amide bonds. The molecule has 1 saturated carbocycles. The highest BCUT2D eigenvalue weighted by molar-refractivity contribution is 5.88. The van der Waals surface area contributed by atoms with Crippen molar-refractivity contribution in [3.8, 4) is 11.5 Å². The zero-order valence-corrected chi connectivity index (χ0v) is 22.7. The van der Waals surface area contributed by atoms with Crippen LogP contribution in [0.2, 0.25) is 0 Å². The number of nitrogens with one attached hydrogen (secondary N) is 1. The molecule has 0 spiro atoms. The normalized spacial score (nSPS) is 19.7. The van der Waals surface area contributed by atoms with Crippen LogP contribution in [0, 0.1) is 18.7 Å². The monoisotopic (exact) mass is 549 g/mol. The van der Waals surface area contributed by atoms with Gasteiger partial charge in [-0.3, -0.25) is 4.79 Å². The molecule has 2 fully saturated rings. The van der Waals surface area contributed by atoms with Gasteiger partial charge in [-0.25, -0.2) is 24.3 Å². The molecule has 3 aromatic heterocycles. The molecule has 2 aromatic carbocycles. The van der Waals surface area contributed by atoms with Gasteiger partial charge in [0.15, 0.2) is 11.6 Å². The van der Waals surface area contributed by atoms with Gasteiger partial charge in [0.1, 0.15) is 23.3 Å². The third-order valence-corrected chi connectivity index (χ3v) is 8.40. The van der Waals surface area contributed by atoms with Crippen molar-refractivity contribution in [3.05, 3.63) is 84.8 Å². The molecule has 1 aliphatic carbocycles. The second-order valence-electron chi connectivity index (χ2n) is 10.8. The highest BCUT2D eigenvalue weighted by atomic mass is 19.1. The van der Waals surface area contributed by atoms with Crippen LogP contribution in [0.25, 0.3) is 22.1 Å². The summed E-state index contributed by atoms with van der Waals surface area (Å²) in [5.74, 6) is 1.56. The molecule has 7 rings (SSSR count). The number of piperidine rings is 1. The molecule has 0 radical (unpaired) electrons. The molecule has 2 bridgehead atoms. The van der Waals surface area contributed by atoms with Gasteiger partial charge in [0.25, 0.3) is 0 Å². The summed E-state index contributed by atoms with van der Waals surface area (Å²) in [5, 5.41) is 3.13. The van der Waals surface area contributed by atoms with E-state index in [4.69, 9.17) is 9.72 Å². The second-order valence-corrected chi connectivity index (χ2v) is 10.8. The quantitative estimate of drug-likeness (QED) is 0.268. The van der Waals surface area contributed by atoms with Crippen LogP contribution in [-0.4, -0.2) is 47.9 Å². The number of likely N-dealkylation sites (tertiary alicyclic amines) is 1. The maximum atomic E-state index is 15.6. The lowest BCUT2D eigenvalue weighted by Gasteiger charge is -2.30. The molecular formula is C31H28FN7O2. The first-order valence-corrected chi connectivity index (χ1v) is 13.6. The molecule has 1 N–H and O–H groups in total. The Bertz CT molecular complexity index is 1850. The number of amides is 1. The Hall–Kier alpha value is -4.86. The fraction of sp³-hybridized carbons (Fsp3) is 0.258. The fourth-order valence-corrected chi connectivity index (χ4v) is 6.26. The standard InChI is InChI=1S/C31H28FN7O2/c1-4-28(40)39-14-18-11-19(39)12-21(18)22-6-7-24-30(36-22)31(34-15-33-24)37-23-8-10-27(17(2)29(23)32)41-20-5-9-26-25(13-20)35-16-38(26)3/h4-10,13,15-16,18-19,21H,1,11-12,14H2,2-3H3,(H,33,34,37). The third-order valence-electron chi connectivity index (χ3n) is 8.40. The van der Waals surface area contributed by atoms with Gasteiger partial charge in [0, 0.05) is 42.9 Å². The van der Waals surface area contributed by atoms with Crippen LogP contribution in [0.15, 0.2) is 67.8 Å². The Kier molecular flexibility index (Phi) is 5.92. The number of ether oxygens (including phenoxy) is 1. The molecule has 1 aliphatic heterocycles. The van der Waals surface area contributed by atoms with Crippen molar-refractivity contribution >= 4 is 39.5 Å². The van der Waals surface area contributed by atoms with E-state index in [0.717, 1.165) is 29.6 Å². The smallest absolute Gasteiger partial charge is 0.246 e. The second kappa shape index (κ2) is 9.65. The lowest BCUT2D eigenvalue weighted by atomic mass is 9.90. The number of pyridine rings is 1. The Balaban J connectivity index is 1.14. The molecule has 41 heavy (non-hydrogen) atoms. The largest absolute Gasteiger partial charge is 0.457 e. The number of aryl methyl sites for hydroxylation is 1. The van der Waals surface area contributed by atoms with Crippen LogP contribution in [0.5, 0.6) is 11.5 Å². The van der Waals surface area contributed by atoms with E-state index < -0.39 is 5.82 Å². The van der Waals surface area contributed by atoms with E-state index >= 15 is 4.39 Å². The first-order chi connectivity index (χ1) is 19.9. The van der Waals surface area contributed by atoms with E-state index in [1.807, 2.05) is 46.8 Å². The number of carbonyl (C=O) groups is 1. The molecular weight excluding hydrogens is 521 g/mol. The molecule has 2 aliphatic rings. The molecule has 206 valence electrons. The van der Waals surface area contributed by atoms with E-state index in [9.17, 15) is 4.79 Å². The molecule has 9 nitrogen and oxygen atoms in total. The predicted octanol–water partition coefficient (Wildman–Crippen LogP) is 5.79. The number of anilines is 2. The van der Waals surface area contributed by atoms with Crippen molar-refractivity contribution in [3.63, 3.8) is 0 Å². The summed E-state index contributed by atoms with van der Waals surface area (Å²) >= 11 is 0. The van der Waals surface area contributed by atoms with E-state index in [1.165, 1.54) is 12.4 Å². The number of halogens is 1. The van der Waals surface area contributed by atoms with Gasteiger partial charge in [0.05, 0.1) is 28.6 Å². The number of aromatic nitrogens is 5. The number of rotatable bonds is 6. The minimum atomic E-state index is -0.440. The zero-order valence-electron chi connectivity index (χ0n) is 22.7. The van der Waals surface area contributed by atoms with Gasteiger partial charge < -0.3 is 19.5 Å². The zero-order chi connectivity index (χ0) is 28.2. The Morgan fingerprint density at radius 2 is 2.00 bits per heavy atom. The van der Waals surface area contributed by atoms with Crippen LogP contribution in [0.1, 0.15) is 30.0 Å². The summed E-state index contributed by atoms with van der Waals surface area (Å²) in [6, 6.07) is 13.1. The van der Waals surface area contributed by atoms with Gasteiger partial charge in [0.2, 0.25) is 5.91 Å². The van der Waals surface area contributed by atoms with Crippen molar-refractivity contribution in [2.45, 2.75) is 31.7 Å². The molecule has 1 saturated heterocycles. The number of hydrogen-bond donors (Lipinski definition) is 1. The van der Waals surface area contributed by atoms with Crippen molar-refractivity contribution in [2.75, 3.05) is 11.9 Å². The van der Waals surface area contributed by atoms with Gasteiger partial charge in [-0.1, -0.05) is 6.58 Å². The Labute approximate surface area is 235 Å². The van der Waals surface area contributed by atoms with E-state index in [2.05, 4.69) is 26.8 Å². The maximum Gasteiger partial charge on any atom is 0.246 e. The SMILES string of the molecule is C=CC(=O)N1CC2CC1CC2c1ccc2ncnc(Nc3ccc(Oc4ccc5c(c4)ncn5C)c(C)c3F)c2n1. The molecule has 10 heteroatoms. The molecule has 3 unspecified atom stereocenters. The van der Waals surface area contributed by atoms with Crippen molar-refractivity contribution in [1.29, 1.82) is 0 Å². The first kappa shape index (κ1) is 25.1. The van der Waals surface area contributed by atoms with Crippen LogP contribution < -0.4 is 10.1 Å². The van der Waals surface area contributed by atoms with Crippen LogP contribution in [-0.2, 0) is 11.8 Å². The lowest BCUT2D eigenvalue weighted by Crippen LogP contribution is -2.38. The average Bonchev–Trinajstić information content (AvgIpc) is 3.71. The minimum absolute atomic E-state index is 0.00897. The minimum Gasteiger partial charge on any atom is -0.457 e. The lowest BCUT2D eigenvalue weighted by molar-refractivity contribution is -0.127. The molecule has 5 aromatic rings. The highest BCUT2D eigenvalue weighted by Gasteiger charge is 2.46. The Morgan fingerprint density at radius 1 is 1.12 bits per heavy atom. The summed E-state index contributed by atoms with van der Waals surface area (Å²) in [6.45, 7) is 6.02. The van der Waals surface area contributed by atoms with Crippen LogP contribution >= 0.6 is 0 Å². The number of nitrogens with zero attached hydrogens (tertiary/aromatic N) is 6. The van der Waals surface area contributed by atoms with Gasteiger partial charge in [-0.15, -0.1) is 0 Å². The number of carbonyl (C=O) groups excluding carboxylic acids is 1. The fourth-order valence-electron chi connectivity index (χ4n) is 6.26. The van der Waals surface area contributed by atoms with Gasteiger partial charge in [-0.05, 0) is 68.2 Å². The van der Waals surface area contributed by atoms with E-state index in [0.29, 0.717) is 46.4 Å². The Morgan fingerprint density at radius 3 is 2.80 bits per heavy atom. The van der Waals surface area contributed by atoms with Crippen LogP contribution in [0.4, 0.5) is 15.9 Å². The summed E-state index contributed by atoms with van der Waals surface area (Å²) in [5.41, 5.74) is 4.60. The number of fused-ring (bicyclic) bond motifs is 4. The van der Waals surface area contributed by atoms with Crippen molar-refractivity contribution in [2.24, 2.45) is 13.0 Å². The maximum absolute atomic E-state index is 15.6. The summed E-state index contributed by atoms with van der Waals surface area (Å²) in [7, 11) is 1.93. The number of imidazole rings is 1. The molecule has 3 atom stereocenters. The van der Waals surface area contributed by atoms with Crippen molar-refractivity contribution in [1.82, 2.24) is 29.4 Å². The van der Waals surface area contributed by atoms with Crippen molar-refractivity contribution < 1.29 is 13.9 Å². The van der Waals surface area contributed by atoms with Gasteiger partial charge in [-0.2, -0.15) is 0 Å². The molecule has 4 heterocycles. The predicted molar refractivity (Wildman–Crippen MR) is 154 cm³/mol. The van der Waals surface area contributed by atoms with Gasteiger partial charge >= 0.3 is 0 Å². The highest BCUT2D eigenvalue weighted by Crippen LogP contribution is 2.47. The topological polar surface area (TPSA) is 98.1 Å². The number of hydrogen-bond acceptors (Lipinski definition) is 7. The third kappa shape index (κ3) is 4.26. The first-order valence-electron chi connectivity index (χ1n) is 13.6. The average molecular weight is 550 g/mol. The number of benzene rings is 2. The van der Waals surface area contributed by atoms with E-state index in [-0.39, 0.29) is 23.6 Å². The summed E-state index contributed by atoms with van der Waals surface area (Å²) < 4.78 is 23.6. The summed E-state index contributed by atoms with van der Waals surface area (Å²) in [4.78, 5) is 32.2. The van der Waals surface area contributed by atoms with E-state index in [1.54, 1.807) is 25.4 Å². The van der Waals surface area contributed by atoms with Crippen LogP contribution in [0.3, 0.4) is 0 Å². The summed E-state index contributed by atoms with van der Waals surface area (Å²) in [6.07, 6.45) is 6.40.